The van der Waals surface area contributed by atoms with Crippen molar-refractivity contribution in [2.45, 2.75) is 38.8 Å². The minimum Gasteiger partial charge on any atom is -0.491 e. The molecule has 0 fully saturated rings. The van der Waals surface area contributed by atoms with Gasteiger partial charge < -0.3 is 10.1 Å². The van der Waals surface area contributed by atoms with Crippen LogP contribution in [-0.2, 0) is 6.42 Å². The third kappa shape index (κ3) is 4.61. The van der Waals surface area contributed by atoms with Gasteiger partial charge in [-0.15, -0.1) is 0 Å². The highest BCUT2D eigenvalue weighted by atomic mass is 16.5. The van der Waals surface area contributed by atoms with E-state index in [1.54, 1.807) is 0 Å². The Morgan fingerprint density at radius 2 is 1.62 bits per heavy atom. The fourth-order valence-electron chi connectivity index (χ4n) is 2.54. The van der Waals surface area contributed by atoms with Gasteiger partial charge in [0.1, 0.15) is 5.75 Å². The Morgan fingerprint density at radius 3 is 2.29 bits per heavy atom. The Kier molecular flexibility index (Phi) is 5.82. The van der Waals surface area contributed by atoms with Gasteiger partial charge >= 0.3 is 0 Å². The molecule has 0 amide bonds. The van der Waals surface area contributed by atoms with E-state index in [-0.39, 0.29) is 6.10 Å². The van der Waals surface area contributed by atoms with Crippen LogP contribution in [0.1, 0.15) is 37.4 Å². The fourth-order valence-corrected chi connectivity index (χ4v) is 2.54. The van der Waals surface area contributed by atoms with Crippen molar-refractivity contribution in [1.29, 1.82) is 0 Å². The summed E-state index contributed by atoms with van der Waals surface area (Å²) in [6, 6.07) is 19.3. The molecule has 2 rings (SSSR count). The molecule has 2 heteroatoms. The van der Waals surface area contributed by atoms with Gasteiger partial charge in [0.15, 0.2) is 0 Å². The lowest BCUT2D eigenvalue weighted by atomic mass is 9.98. The summed E-state index contributed by atoms with van der Waals surface area (Å²) in [5, 5.41) is 3.41. The summed E-state index contributed by atoms with van der Waals surface area (Å²) >= 11 is 0. The molecular formula is C19H25NO. The van der Waals surface area contributed by atoms with Crippen molar-refractivity contribution in [3.63, 3.8) is 0 Å². The van der Waals surface area contributed by atoms with E-state index in [1.165, 1.54) is 11.1 Å². The van der Waals surface area contributed by atoms with E-state index in [4.69, 9.17) is 4.74 Å². The molecule has 2 aromatic rings. The van der Waals surface area contributed by atoms with Crippen LogP contribution in [0.3, 0.4) is 0 Å². The Labute approximate surface area is 128 Å². The maximum absolute atomic E-state index is 5.90. The molecule has 112 valence electrons. The molecular weight excluding hydrogens is 258 g/mol. The average Bonchev–Trinajstić information content (AvgIpc) is 2.50. The van der Waals surface area contributed by atoms with E-state index in [9.17, 15) is 0 Å². The van der Waals surface area contributed by atoms with Crippen molar-refractivity contribution in [3.8, 4) is 5.75 Å². The Balaban J connectivity index is 2.05. The number of aryl methyl sites for hydroxylation is 1. The highest BCUT2D eigenvalue weighted by Crippen LogP contribution is 2.24. The number of hydrogen-bond donors (Lipinski definition) is 1. The van der Waals surface area contributed by atoms with Gasteiger partial charge in [0.25, 0.3) is 0 Å². The first-order valence-corrected chi connectivity index (χ1v) is 7.67. The number of hydrogen-bond acceptors (Lipinski definition) is 2. The molecule has 0 spiro atoms. The van der Waals surface area contributed by atoms with Gasteiger partial charge in [-0.25, -0.2) is 0 Å². The summed E-state index contributed by atoms with van der Waals surface area (Å²) < 4.78 is 5.90. The summed E-state index contributed by atoms with van der Waals surface area (Å²) in [6.45, 7) is 4.13. The lowest BCUT2D eigenvalue weighted by Gasteiger charge is -2.18. The van der Waals surface area contributed by atoms with Crippen molar-refractivity contribution >= 4 is 0 Å². The lowest BCUT2D eigenvalue weighted by molar-refractivity contribution is 0.239. The van der Waals surface area contributed by atoms with Crippen LogP contribution in [0.5, 0.6) is 5.75 Å². The normalized spacial score (nSPS) is 12.4. The largest absolute Gasteiger partial charge is 0.491 e. The average molecular weight is 283 g/mol. The standard InChI is InChI=1S/C19H25NO/c1-15(2)21-19-12-8-7-11-17(19)13-14-18(20-3)16-9-5-4-6-10-16/h4-12,15,18,20H,13-14H2,1-3H3. The quantitative estimate of drug-likeness (QED) is 0.815. The van der Waals surface area contributed by atoms with Crippen LogP contribution >= 0.6 is 0 Å². The molecule has 0 radical (unpaired) electrons. The molecule has 0 aliphatic rings. The van der Waals surface area contributed by atoms with Gasteiger partial charge in [0, 0.05) is 6.04 Å². The van der Waals surface area contributed by atoms with Crippen LogP contribution < -0.4 is 10.1 Å². The molecule has 0 saturated carbocycles. The maximum Gasteiger partial charge on any atom is 0.122 e. The molecule has 2 aromatic carbocycles. The predicted octanol–water partition coefficient (Wildman–Crippen LogP) is 4.37. The van der Waals surface area contributed by atoms with E-state index in [2.05, 4.69) is 67.7 Å². The van der Waals surface area contributed by atoms with Crippen molar-refractivity contribution in [3.05, 3.63) is 65.7 Å². The van der Waals surface area contributed by atoms with E-state index in [0.717, 1.165) is 18.6 Å². The van der Waals surface area contributed by atoms with Gasteiger partial charge in [0.05, 0.1) is 6.10 Å². The third-order valence-electron chi connectivity index (χ3n) is 3.59. The second-order valence-corrected chi connectivity index (χ2v) is 5.56. The van der Waals surface area contributed by atoms with Crippen molar-refractivity contribution in [2.24, 2.45) is 0 Å². The first-order chi connectivity index (χ1) is 10.2. The molecule has 1 atom stereocenters. The van der Waals surface area contributed by atoms with Crippen molar-refractivity contribution < 1.29 is 4.74 Å². The van der Waals surface area contributed by atoms with Crippen LogP contribution in [0, 0.1) is 0 Å². The maximum atomic E-state index is 5.90. The zero-order valence-electron chi connectivity index (χ0n) is 13.2. The Bertz CT molecular complexity index is 536. The molecule has 0 aliphatic heterocycles. The van der Waals surface area contributed by atoms with E-state index < -0.39 is 0 Å². The number of benzene rings is 2. The summed E-state index contributed by atoms with van der Waals surface area (Å²) in [7, 11) is 2.02. The molecule has 0 bridgehead atoms. The summed E-state index contributed by atoms with van der Waals surface area (Å²) in [4.78, 5) is 0. The summed E-state index contributed by atoms with van der Waals surface area (Å²) in [5.41, 5.74) is 2.62. The minimum absolute atomic E-state index is 0.209. The first kappa shape index (κ1) is 15.6. The highest BCUT2D eigenvalue weighted by Gasteiger charge is 2.11. The van der Waals surface area contributed by atoms with Gasteiger partial charge in [-0.3, -0.25) is 0 Å². The van der Waals surface area contributed by atoms with Crippen molar-refractivity contribution in [1.82, 2.24) is 5.32 Å². The zero-order valence-corrected chi connectivity index (χ0v) is 13.2. The summed E-state index contributed by atoms with van der Waals surface area (Å²) in [5.74, 6) is 1.01. The molecule has 1 N–H and O–H groups in total. The SMILES string of the molecule is CNC(CCc1ccccc1OC(C)C)c1ccccc1. The van der Waals surface area contributed by atoms with Crippen LogP contribution in [0.25, 0.3) is 0 Å². The molecule has 2 nitrogen and oxygen atoms in total. The summed E-state index contributed by atoms with van der Waals surface area (Å²) in [6.07, 6.45) is 2.27. The van der Waals surface area contributed by atoms with E-state index >= 15 is 0 Å². The van der Waals surface area contributed by atoms with Gasteiger partial charge in [-0.05, 0) is 50.9 Å². The fraction of sp³-hybridized carbons (Fsp3) is 0.368. The molecule has 0 aliphatic carbocycles. The number of nitrogens with one attached hydrogen (secondary N) is 1. The monoisotopic (exact) mass is 283 g/mol. The van der Waals surface area contributed by atoms with E-state index in [0.29, 0.717) is 6.04 Å². The molecule has 21 heavy (non-hydrogen) atoms. The second kappa shape index (κ2) is 7.84. The molecule has 0 saturated heterocycles. The smallest absolute Gasteiger partial charge is 0.122 e. The van der Waals surface area contributed by atoms with Crippen LogP contribution in [0.2, 0.25) is 0 Å². The van der Waals surface area contributed by atoms with Crippen LogP contribution in [0.15, 0.2) is 54.6 Å². The van der Waals surface area contributed by atoms with E-state index in [1.807, 2.05) is 13.1 Å². The first-order valence-electron chi connectivity index (χ1n) is 7.67. The second-order valence-electron chi connectivity index (χ2n) is 5.56. The zero-order chi connectivity index (χ0) is 15.1. The van der Waals surface area contributed by atoms with Crippen LogP contribution in [0.4, 0.5) is 0 Å². The predicted molar refractivity (Wildman–Crippen MR) is 88.8 cm³/mol. The Morgan fingerprint density at radius 1 is 0.952 bits per heavy atom. The van der Waals surface area contributed by atoms with Crippen molar-refractivity contribution in [2.75, 3.05) is 7.05 Å². The molecule has 1 unspecified atom stereocenters. The third-order valence-corrected chi connectivity index (χ3v) is 3.59. The molecule has 0 aromatic heterocycles. The number of rotatable bonds is 7. The highest BCUT2D eigenvalue weighted by molar-refractivity contribution is 5.34. The Hall–Kier alpha value is -1.80. The van der Waals surface area contributed by atoms with Gasteiger partial charge in [-0.1, -0.05) is 48.5 Å². The minimum atomic E-state index is 0.209. The molecule has 0 heterocycles. The lowest BCUT2D eigenvalue weighted by Crippen LogP contribution is -2.17. The number of ether oxygens (including phenoxy) is 1. The van der Waals surface area contributed by atoms with Gasteiger partial charge in [0.2, 0.25) is 0 Å². The topological polar surface area (TPSA) is 21.3 Å². The number of para-hydroxylation sites is 1. The van der Waals surface area contributed by atoms with Crippen LogP contribution in [-0.4, -0.2) is 13.2 Å². The van der Waals surface area contributed by atoms with Gasteiger partial charge in [-0.2, -0.15) is 0 Å².